The Labute approximate surface area is 416 Å². The highest BCUT2D eigenvalue weighted by Gasteiger charge is 2.36. The van der Waals surface area contributed by atoms with Crippen LogP contribution in [0.3, 0.4) is 0 Å². The molecule has 1 saturated carbocycles. The summed E-state index contributed by atoms with van der Waals surface area (Å²) < 4.78 is 0. The van der Waals surface area contributed by atoms with Crippen molar-refractivity contribution in [1.82, 2.24) is 15.3 Å². The lowest BCUT2D eigenvalue weighted by atomic mass is 9.65. The largest absolute Gasteiger partial charge is 0.360 e. The molecular formula is C67H54N4. The molecule has 0 radical (unpaired) electrons. The third kappa shape index (κ3) is 8.57. The van der Waals surface area contributed by atoms with E-state index in [2.05, 4.69) is 230 Å². The summed E-state index contributed by atoms with van der Waals surface area (Å²) in [6.45, 7) is 6.11. The van der Waals surface area contributed by atoms with Gasteiger partial charge in [-0.05, 0) is 122 Å². The molecule has 0 bridgehead atoms. The summed E-state index contributed by atoms with van der Waals surface area (Å²) in [6.07, 6.45) is 13.9. The molecule has 2 heterocycles. The maximum atomic E-state index is 5.42. The monoisotopic (exact) mass is 914 g/mol. The molecule has 1 atom stereocenters. The standard InChI is InChI=1S/C67H54N4/c1-3-14-51-39-55(25-21-45(51)4-2)61-43-62(56-26-22-46-15-6-9-18-52(46)40-56)69-65(68-61)49-29-33-59(34-30-49)67(37-12-5-13-38-67)60-35-31-50(32-36-60)66-70-63(57-27-23-47-16-7-10-19-53(47)41-57)44-64(71-66)58-28-24-48-17-8-11-20-54(48)42-58/h3-4,6-11,14-36,39-44,66,70H,2,5,12-13,37-38H2,1H3/b14-3-. The Hall–Kier alpha value is -8.47. The first-order chi connectivity index (χ1) is 35.0. The lowest BCUT2D eigenvalue weighted by molar-refractivity contribution is 0.346. The zero-order valence-electron chi connectivity index (χ0n) is 40.0. The number of hydrogen-bond acceptors (Lipinski definition) is 4. The molecular weight excluding hydrogens is 861 g/mol. The predicted octanol–water partition coefficient (Wildman–Crippen LogP) is 17.0. The first-order valence-electron chi connectivity index (χ1n) is 25.0. The van der Waals surface area contributed by atoms with E-state index in [0.29, 0.717) is 5.82 Å². The lowest BCUT2D eigenvalue weighted by Gasteiger charge is -2.39. The van der Waals surface area contributed by atoms with Crippen molar-refractivity contribution in [2.24, 2.45) is 4.99 Å². The van der Waals surface area contributed by atoms with E-state index in [-0.39, 0.29) is 11.6 Å². The van der Waals surface area contributed by atoms with Gasteiger partial charge in [-0.2, -0.15) is 0 Å². The van der Waals surface area contributed by atoms with E-state index in [1.54, 1.807) is 0 Å². The fourth-order valence-corrected chi connectivity index (χ4v) is 11.0. The number of aliphatic imine (C=N–C) groups is 1. The summed E-state index contributed by atoms with van der Waals surface area (Å²) in [4.78, 5) is 16.0. The molecule has 4 heteroatoms. The van der Waals surface area contributed by atoms with E-state index in [1.165, 1.54) is 62.7 Å². The fourth-order valence-electron chi connectivity index (χ4n) is 11.0. The van der Waals surface area contributed by atoms with Crippen LogP contribution in [0.5, 0.6) is 0 Å². The van der Waals surface area contributed by atoms with E-state index in [9.17, 15) is 0 Å². The molecule has 9 aromatic carbocycles. The van der Waals surface area contributed by atoms with Crippen LogP contribution in [0.25, 0.3) is 84.1 Å². The van der Waals surface area contributed by atoms with Crippen LogP contribution in [0.4, 0.5) is 0 Å². The Kier molecular flexibility index (Phi) is 11.6. The molecule has 0 spiro atoms. The number of nitrogens with one attached hydrogen (secondary N) is 1. The molecule has 10 aromatic rings. The summed E-state index contributed by atoms with van der Waals surface area (Å²) in [5.41, 5.74) is 15.1. The molecule has 4 nitrogen and oxygen atoms in total. The van der Waals surface area contributed by atoms with Gasteiger partial charge in [-0.3, -0.25) is 4.99 Å². The number of fused-ring (bicyclic) bond motifs is 3. The molecule has 2 aliphatic rings. The van der Waals surface area contributed by atoms with Crippen LogP contribution in [0.1, 0.15) is 84.1 Å². The number of benzene rings is 9. The van der Waals surface area contributed by atoms with Crippen molar-refractivity contribution >= 4 is 55.9 Å². The zero-order valence-corrected chi connectivity index (χ0v) is 40.0. The highest BCUT2D eigenvalue weighted by molar-refractivity contribution is 6.14. The van der Waals surface area contributed by atoms with E-state index >= 15 is 0 Å². The van der Waals surface area contributed by atoms with Crippen LogP contribution in [0.15, 0.2) is 224 Å². The van der Waals surface area contributed by atoms with Crippen molar-refractivity contribution in [3.8, 4) is 33.9 Å². The highest BCUT2D eigenvalue weighted by Crippen LogP contribution is 2.46. The average Bonchev–Trinajstić information content (AvgIpc) is 3.44. The van der Waals surface area contributed by atoms with Gasteiger partial charge in [0.2, 0.25) is 0 Å². The maximum absolute atomic E-state index is 5.42. The van der Waals surface area contributed by atoms with Gasteiger partial charge in [0, 0.05) is 33.4 Å². The van der Waals surface area contributed by atoms with Crippen LogP contribution in [-0.2, 0) is 5.41 Å². The maximum Gasteiger partial charge on any atom is 0.160 e. The number of hydrogen-bond donors (Lipinski definition) is 1. The van der Waals surface area contributed by atoms with Crippen molar-refractivity contribution in [2.75, 3.05) is 0 Å². The topological polar surface area (TPSA) is 50.2 Å². The molecule has 12 rings (SSSR count). The zero-order chi connectivity index (χ0) is 47.7. The molecule has 0 saturated heterocycles. The minimum absolute atomic E-state index is 0.111. The number of allylic oxidation sites excluding steroid dienone is 2. The molecule has 0 amide bonds. The van der Waals surface area contributed by atoms with Crippen molar-refractivity contribution < 1.29 is 0 Å². The molecule has 1 N–H and O–H groups in total. The lowest BCUT2D eigenvalue weighted by Crippen LogP contribution is -2.30. The second-order valence-corrected chi connectivity index (χ2v) is 19.2. The van der Waals surface area contributed by atoms with Gasteiger partial charge in [0.15, 0.2) is 5.82 Å². The van der Waals surface area contributed by atoms with Crippen molar-refractivity contribution in [3.05, 3.63) is 258 Å². The van der Waals surface area contributed by atoms with E-state index in [1.807, 2.05) is 13.0 Å². The Morgan fingerprint density at radius 1 is 0.493 bits per heavy atom. The molecule has 1 unspecified atom stereocenters. The Morgan fingerprint density at radius 2 is 1.00 bits per heavy atom. The van der Waals surface area contributed by atoms with Crippen LogP contribution >= 0.6 is 0 Å². The van der Waals surface area contributed by atoms with Crippen LogP contribution in [-0.4, -0.2) is 15.7 Å². The summed E-state index contributed by atoms with van der Waals surface area (Å²) in [5.74, 6) is 0.709. The Morgan fingerprint density at radius 3 is 1.61 bits per heavy atom. The van der Waals surface area contributed by atoms with Crippen molar-refractivity contribution in [3.63, 3.8) is 0 Å². The highest BCUT2D eigenvalue weighted by atomic mass is 15.1. The van der Waals surface area contributed by atoms with E-state index in [4.69, 9.17) is 15.0 Å². The van der Waals surface area contributed by atoms with Gasteiger partial charge < -0.3 is 5.32 Å². The molecule has 71 heavy (non-hydrogen) atoms. The smallest absolute Gasteiger partial charge is 0.160 e. The van der Waals surface area contributed by atoms with Gasteiger partial charge in [-0.1, -0.05) is 214 Å². The van der Waals surface area contributed by atoms with Crippen LogP contribution in [0.2, 0.25) is 0 Å². The van der Waals surface area contributed by atoms with Crippen LogP contribution < -0.4 is 5.32 Å². The molecule has 1 aliphatic heterocycles. The van der Waals surface area contributed by atoms with Gasteiger partial charge in [-0.15, -0.1) is 0 Å². The first kappa shape index (κ1) is 43.8. The molecule has 1 fully saturated rings. The molecule has 1 aromatic heterocycles. The van der Waals surface area contributed by atoms with Crippen LogP contribution in [0, 0.1) is 0 Å². The predicted molar refractivity (Wildman–Crippen MR) is 299 cm³/mol. The number of aromatic nitrogens is 2. The van der Waals surface area contributed by atoms with E-state index < -0.39 is 0 Å². The first-order valence-corrected chi connectivity index (χ1v) is 25.0. The number of rotatable bonds is 10. The Bertz CT molecular complexity index is 3740. The Balaban J connectivity index is 0.893. The summed E-state index contributed by atoms with van der Waals surface area (Å²) in [7, 11) is 0. The third-order valence-corrected chi connectivity index (χ3v) is 14.8. The quantitative estimate of drug-likeness (QED) is 0.149. The normalized spacial score (nSPS) is 15.6. The summed E-state index contributed by atoms with van der Waals surface area (Å²) in [5, 5.41) is 11.1. The third-order valence-electron chi connectivity index (χ3n) is 14.8. The minimum atomic E-state index is -0.261. The van der Waals surface area contributed by atoms with Gasteiger partial charge in [0.05, 0.1) is 17.1 Å². The van der Waals surface area contributed by atoms with Gasteiger partial charge in [0.1, 0.15) is 6.17 Å². The molecule has 1 aliphatic carbocycles. The SMILES string of the molecule is C=Cc1ccc(-c2cc(-c3ccc4ccccc4c3)nc(-c3ccc(C4(c5ccc(C6N=C(c7ccc8ccccc8c7)C=C(c7ccc8ccccc8c7)N6)cc5)CCCCC4)cc3)n2)cc1/C=C\C. The van der Waals surface area contributed by atoms with Gasteiger partial charge >= 0.3 is 0 Å². The minimum Gasteiger partial charge on any atom is -0.360 e. The summed E-state index contributed by atoms with van der Waals surface area (Å²) >= 11 is 0. The second kappa shape index (κ2) is 18.8. The molecule has 342 valence electrons. The van der Waals surface area contributed by atoms with Crippen molar-refractivity contribution in [1.29, 1.82) is 0 Å². The second-order valence-electron chi connectivity index (χ2n) is 19.2. The van der Waals surface area contributed by atoms with Gasteiger partial charge in [0.25, 0.3) is 0 Å². The van der Waals surface area contributed by atoms with Gasteiger partial charge in [-0.25, -0.2) is 9.97 Å². The van der Waals surface area contributed by atoms with Crippen molar-refractivity contribution in [2.45, 2.75) is 50.6 Å². The number of nitrogens with zero attached hydrogens (tertiary/aromatic N) is 3. The average molecular weight is 915 g/mol. The fraction of sp³-hybridized carbons (Fsp3) is 0.119. The van der Waals surface area contributed by atoms with E-state index in [0.717, 1.165) is 80.1 Å². The summed E-state index contributed by atoms with van der Waals surface area (Å²) in [6, 6.07) is 72.7.